The minimum Gasteiger partial charge on any atom is -0.481 e. The summed E-state index contributed by atoms with van der Waals surface area (Å²) in [5.74, 6) is -0.508. The third-order valence-electron chi connectivity index (χ3n) is 3.44. The van der Waals surface area contributed by atoms with Crippen molar-refractivity contribution in [2.45, 2.75) is 18.8 Å². The average Bonchev–Trinajstić information content (AvgIpc) is 2.16. The fourth-order valence-corrected chi connectivity index (χ4v) is 2.51. The molecule has 4 heteroatoms. The number of hydrogen-bond donors (Lipinski definition) is 2. The normalized spacial score (nSPS) is 28.5. The van der Waals surface area contributed by atoms with Crippen LogP contribution in [0.15, 0.2) is 24.3 Å². The zero-order valence-corrected chi connectivity index (χ0v) is 9.57. The number of benzene rings is 1. The van der Waals surface area contributed by atoms with Gasteiger partial charge in [-0.25, -0.2) is 0 Å². The lowest BCUT2D eigenvalue weighted by atomic mass is 9.60. The largest absolute Gasteiger partial charge is 0.481 e. The van der Waals surface area contributed by atoms with Crippen LogP contribution in [0.2, 0.25) is 5.02 Å². The van der Waals surface area contributed by atoms with Gasteiger partial charge in [-0.15, -0.1) is 0 Å². The number of aliphatic carboxylic acids is 1. The number of carboxylic acid groups (broad SMARTS) is 1. The molecule has 1 fully saturated rings. The minimum absolute atomic E-state index is 0.208. The standard InChI is InChI=1S/C12H14ClNO2/c13-10-3-1-2-8(4-10)9-5-12(6-9,7-14)11(15)16/h1-4,9H,5-7,14H2,(H,15,16). The predicted octanol–water partition coefficient (Wildman–Crippen LogP) is 2.25. The van der Waals surface area contributed by atoms with E-state index < -0.39 is 11.4 Å². The molecule has 3 N–H and O–H groups in total. The minimum atomic E-state index is -0.784. The van der Waals surface area contributed by atoms with Crippen molar-refractivity contribution in [2.75, 3.05) is 6.54 Å². The lowest BCUT2D eigenvalue weighted by Crippen LogP contribution is -2.48. The van der Waals surface area contributed by atoms with Crippen molar-refractivity contribution in [1.82, 2.24) is 0 Å². The molecule has 0 aromatic heterocycles. The van der Waals surface area contributed by atoms with Gasteiger partial charge >= 0.3 is 5.97 Å². The molecule has 0 unspecified atom stereocenters. The Hall–Kier alpha value is -1.06. The molecular formula is C12H14ClNO2. The molecule has 0 spiro atoms. The summed E-state index contributed by atoms with van der Waals surface area (Å²) in [6.07, 6.45) is 1.22. The van der Waals surface area contributed by atoms with Gasteiger partial charge in [0.15, 0.2) is 0 Å². The quantitative estimate of drug-likeness (QED) is 0.850. The van der Waals surface area contributed by atoms with Gasteiger partial charge in [0.25, 0.3) is 0 Å². The van der Waals surface area contributed by atoms with Crippen LogP contribution in [0.1, 0.15) is 24.3 Å². The van der Waals surface area contributed by atoms with Gasteiger partial charge in [-0.05, 0) is 36.5 Å². The van der Waals surface area contributed by atoms with E-state index in [0.717, 1.165) is 5.56 Å². The van der Waals surface area contributed by atoms with Crippen LogP contribution in [0.25, 0.3) is 0 Å². The SMILES string of the molecule is NCC1(C(=O)O)CC(c2cccc(Cl)c2)C1. The van der Waals surface area contributed by atoms with E-state index >= 15 is 0 Å². The van der Waals surface area contributed by atoms with Gasteiger partial charge in [0.2, 0.25) is 0 Å². The second-order valence-corrected chi connectivity index (χ2v) is 4.89. The Balaban J connectivity index is 2.10. The number of carboxylic acids is 1. The molecule has 2 rings (SSSR count). The van der Waals surface area contributed by atoms with E-state index in [9.17, 15) is 4.79 Å². The van der Waals surface area contributed by atoms with Gasteiger partial charge in [-0.1, -0.05) is 23.7 Å². The lowest BCUT2D eigenvalue weighted by Gasteiger charge is -2.44. The average molecular weight is 240 g/mol. The topological polar surface area (TPSA) is 63.3 Å². The van der Waals surface area contributed by atoms with Crippen LogP contribution in [0.3, 0.4) is 0 Å². The van der Waals surface area contributed by atoms with E-state index in [-0.39, 0.29) is 12.5 Å². The highest BCUT2D eigenvalue weighted by Gasteiger charge is 2.49. The van der Waals surface area contributed by atoms with E-state index in [0.29, 0.717) is 17.9 Å². The highest BCUT2D eigenvalue weighted by atomic mass is 35.5. The summed E-state index contributed by atoms with van der Waals surface area (Å²) in [4.78, 5) is 11.1. The maximum absolute atomic E-state index is 11.1. The molecule has 1 aliphatic carbocycles. The zero-order chi connectivity index (χ0) is 11.8. The highest BCUT2D eigenvalue weighted by molar-refractivity contribution is 6.30. The number of rotatable bonds is 3. The van der Waals surface area contributed by atoms with Gasteiger partial charge in [0.1, 0.15) is 0 Å². The number of halogens is 1. The molecule has 3 nitrogen and oxygen atoms in total. The molecule has 16 heavy (non-hydrogen) atoms. The van der Waals surface area contributed by atoms with Crippen LogP contribution < -0.4 is 5.73 Å². The summed E-state index contributed by atoms with van der Waals surface area (Å²) in [7, 11) is 0. The number of hydrogen-bond acceptors (Lipinski definition) is 2. The molecule has 1 aromatic rings. The van der Waals surface area contributed by atoms with Crippen molar-refractivity contribution in [3.05, 3.63) is 34.9 Å². The molecule has 0 atom stereocenters. The van der Waals surface area contributed by atoms with Crippen LogP contribution in [0.4, 0.5) is 0 Å². The molecule has 0 saturated heterocycles. The van der Waals surface area contributed by atoms with E-state index in [2.05, 4.69) is 0 Å². The van der Waals surface area contributed by atoms with E-state index in [4.69, 9.17) is 22.4 Å². The second kappa shape index (κ2) is 4.07. The molecule has 1 saturated carbocycles. The lowest BCUT2D eigenvalue weighted by molar-refractivity contribution is -0.154. The van der Waals surface area contributed by atoms with Crippen LogP contribution in [-0.4, -0.2) is 17.6 Å². The van der Waals surface area contributed by atoms with Gasteiger partial charge in [-0.3, -0.25) is 4.79 Å². The zero-order valence-electron chi connectivity index (χ0n) is 8.82. The summed E-state index contributed by atoms with van der Waals surface area (Å²) in [6.45, 7) is 0.208. The Morgan fingerprint density at radius 2 is 2.25 bits per heavy atom. The van der Waals surface area contributed by atoms with Crippen LogP contribution in [-0.2, 0) is 4.79 Å². The molecule has 1 aromatic carbocycles. The Morgan fingerprint density at radius 1 is 1.56 bits per heavy atom. The maximum atomic E-state index is 11.1. The third kappa shape index (κ3) is 1.81. The van der Waals surface area contributed by atoms with Gasteiger partial charge in [0, 0.05) is 11.6 Å². The van der Waals surface area contributed by atoms with Gasteiger partial charge in [-0.2, -0.15) is 0 Å². The molecule has 0 amide bonds. The fourth-order valence-electron chi connectivity index (χ4n) is 2.31. The van der Waals surface area contributed by atoms with Crippen molar-refractivity contribution in [2.24, 2.45) is 11.1 Å². The first-order valence-electron chi connectivity index (χ1n) is 5.26. The van der Waals surface area contributed by atoms with E-state index in [1.165, 1.54) is 0 Å². The molecule has 86 valence electrons. The summed E-state index contributed by atoms with van der Waals surface area (Å²) in [5.41, 5.74) is 5.93. The van der Waals surface area contributed by atoms with Crippen LogP contribution in [0.5, 0.6) is 0 Å². The second-order valence-electron chi connectivity index (χ2n) is 4.45. The molecule has 0 aliphatic heterocycles. The predicted molar refractivity (Wildman–Crippen MR) is 62.6 cm³/mol. The Kier molecular flexibility index (Phi) is 2.91. The maximum Gasteiger partial charge on any atom is 0.310 e. The molecule has 0 radical (unpaired) electrons. The van der Waals surface area contributed by atoms with Gasteiger partial charge in [0.05, 0.1) is 5.41 Å². The summed E-state index contributed by atoms with van der Waals surface area (Å²) >= 11 is 5.90. The highest BCUT2D eigenvalue weighted by Crippen LogP contribution is 2.50. The van der Waals surface area contributed by atoms with Gasteiger partial charge < -0.3 is 10.8 Å². The smallest absolute Gasteiger partial charge is 0.310 e. The first-order chi connectivity index (χ1) is 7.57. The number of nitrogens with two attached hydrogens (primary N) is 1. The Bertz CT molecular complexity index is 413. The van der Waals surface area contributed by atoms with Crippen LogP contribution in [0, 0.1) is 5.41 Å². The first-order valence-corrected chi connectivity index (χ1v) is 5.64. The Labute approximate surface area is 99.2 Å². The fraction of sp³-hybridized carbons (Fsp3) is 0.417. The van der Waals surface area contributed by atoms with E-state index in [1.54, 1.807) is 0 Å². The molecule has 1 aliphatic rings. The molecule has 0 heterocycles. The van der Waals surface area contributed by atoms with Crippen molar-refractivity contribution >= 4 is 17.6 Å². The molecule has 0 bridgehead atoms. The van der Waals surface area contributed by atoms with Crippen molar-refractivity contribution in [3.8, 4) is 0 Å². The van der Waals surface area contributed by atoms with Crippen molar-refractivity contribution in [1.29, 1.82) is 0 Å². The summed E-state index contributed by atoms with van der Waals surface area (Å²) < 4.78 is 0. The third-order valence-corrected chi connectivity index (χ3v) is 3.67. The summed E-state index contributed by atoms with van der Waals surface area (Å²) in [5, 5.41) is 9.79. The van der Waals surface area contributed by atoms with Crippen molar-refractivity contribution < 1.29 is 9.90 Å². The first kappa shape index (κ1) is 11.4. The van der Waals surface area contributed by atoms with Crippen LogP contribution >= 0.6 is 11.6 Å². The monoisotopic (exact) mass is 239 g/mol. The van der Waals surface area contributed by atoms with E-state index in [1.807, 2.05) is 24.3 Å². The summed E-state index contributed by atoms with van der Waals surface area (Å²) in [6, 6.07) is 7.59. The number of carbonyl (C=O) groups is 1. The Morgan fingerprint density at radius 3 is 2.75 bits per heavy atom. The van der Waals surface area contributed by atoms with Crippen molar-refractivity contribution in [3.63, 3.8) is 0 Å². The molecular weight excluding hydrogens is 226 g/mol.